The Labute approximate surface area is 86.4 Å². The van der Waals surface area contributed by atoms with Crippen LogP contribution in [0.25, 0.3) is 0 Å². The molecular formula is C8H9ClN4O. The highest BCUT2D eigenvalue weighted by Gasteiger charge is 2.18. The molecule has 5 nitrogen and oxygen atoms in total. The Morgan fingerprint density at radius 2 is 2.36 bits per heavy atom. The van der Waals surface area contributed by atoms with Crippen molar-refractivity contribution in [2.24, 2.45) is 5.73 Å². The van der Waals surface area contributed by atoms with Crippen LogP contribution in [0, 0.1) is 11.3 Å². The fraction of sp³-hybridized carbons (Fsp3) is 0.375. The molecule has 0 spiro atoms. The van der Waals surface area contributed by atoms with Crippen molar-refractivity contribution in [1.82, 2.24) is 10.2 Å². The van der Waals surface area contributed by atoms with Crippen LogP contribution in [0.15, 0.2) is 12.1 Å². The molecule has 6 heteroatoms. The van der Waals surface area contributed by atoms with Crippen molar-refractivity contribution in [3.05, 3.63) is 17.3 Å². The zero-order valence-corrected chi connectivity index (χ0v) is 8.32. The Morgan fingerprint density at radius 1 is 1.64 bits per heavy atom. The van der Waals surface area contributed by atoms with Crippen molar-refractivity contribution in [3.8, 4) is 11.9 Å². The minimum Gasteiger partial charge on any atom is -0.474 e. The molecule has 0 saturated carbocycles. The standard InChI is InChI=1S/C8H9ClN4O/c1-8(11,4-10)5-14-7-3-2-6(9)12-13-7/h2-3H,5,11H2,1H3. The molecule has 74 valence electrons. The number of aromatic nitrogens is 2. The number of hydrogen-bond donors (Lipinski definition) is 1. The molecule has 0 aliphatic rings. The lowest BCUT2D eigenvalue weighted by molar-refractivity contribution is 0.253. The van der Waals surface area contributed by atoms with Gasteiger partial charge in [0, 0.05) is 6.07 Å². The summed E-state index contributed by atoms with van der Waals surface area (Å²) < 4.78 is 5.14. The lowest BCUT2D eigenvalue weighted by Gasteiger charge is -2.14. The molecule has 2 N–H and O–H groups in total. The van der Waals surface area contributed by atoms with E-state index in [4.69, 9.17) is 27.3 Å². The third-order valence-electron chi connectivity index (χ3n) is 1.38. The zero-order valence-electron chi connectivity index (χ0n) is 7.57. The maximum absolute atomic E-state index is 8.60. The summed E-state index contributed by atoms with van der Waals surface area (Å²) in [6.45, 7) is 1.62. The summed E-state index contributed by atoms with van der Waals surface area (Å²) in [5, 5.41) is 16.1. The predicted octanol–water partition coefficient (Wildman–Crippen LogP) is 0.750. The zero-order chi connectivity index (χ0) is 10.6. The summed E-state index contributed by atoms with van der Waals surface area (Å²) >= 11 is 5.52. The highest BCUT2D eigenvalue weighted by atomic mass is 35.5. The molecule has 14 heavy (non-hydrogen) atoms. The summed E-state index contributed by atoms with van der Waals surface area (Å²) in [7, 11) is 0. The number of rotatable bonds is 3. The molecule has 1 atom stereocenters. The number of nitriles is 1. The number of ether oxygens (including phenoxy) is 1. The van der Waals surface area contributed by atoms with Gasteiger partial charge in [-0.3, -0.25) is 0 Å². The lowest BCUT2D eigenvalue weighted by Crippen LogP contribution is -2.40. The van der Waals surface area contributed by atoms with Crippen molar-refractivity contribution in [1.29, 1.82) is 5.26 Å². The first kappa shape index (κ1) is 10.7. The predicted molar refractivity (Wildman–Crippen MR) is 50.7 cm³/mol. The van der Waals surface area contributed by atoms with Gasteiger partial charge in [-0.15, -0.1) is 10.2 Å². The summed E-state index contributed by atoms with van der Waals surface area (Å²) in [5.41, 5.74) is 4.51. The molecule has 0 aromatic carbocycles. The lowest BCUT2D eigenvalue weighted by atomic mass is 10.1. The van der Waals surface area contributed by atoms with Gasteiger partial charge in [-0.1, -0.05) is 11.6 Å². The molecule has 0 aliphatic heterocycles. The van der Waals surface area contributed by atoms with E-state index < -0.39 is 5.54 Å². The topological polar surface area (TPSA) is 84.8 Å². The fourth-order valence-corrected chi connectivity index (χ4v) is 0.738. The summed E-state index contributed by atoms with van der Waals surface area (Å²) in [6, 6.07) is 5.01. The molecule has 0 amide bonds. The van der Waals surface area contributed by atoms with E-state index in [1.165, 1.54) is 0 Å². The van der Waals surface area contributed by atoms with Crippen LogP contribution in [0.2, 0.25) is 5.15 Å². The van der Waals surface area contributed by atoms with Crippen molar-refractivity contribution >= 4 is 11.6 Å². The maximum Gasteiger partial charge on any atom is 0.233 e. The van der Waals surface area contributed by atoms with Crippen molar-refractivity contribution in [2.45, 2.75) is 12.5 Å². The van der Waals surface area contributed by atoms with Gasteiger partial charge in [-0.25, -0.2) is 0 Å². The quantitative estimate of drug-likeness (QED) is 0.799. The van der Waals surface area contributed by atoms with Gasteiger partial charge in [0.05, 0.1) is 6.07 Å². The second-order valence-electron chi connectivity index (χ2n) is 3.01. The van der Waals surface area contributed by atoms with E-state index in [0.29, 0.717) is 5.88 Å². The SMILES string of the molecule is CC(N)(C#N)COc1ccc(Cl)nn1. The number of hydrogen-bond acceptors (Lipinski definition) is 5. The van der Waals surface area contributed by atoms with E-state index >= 15 is 0 Å². The Bertz CT molecular complexity index is 343. The maximum atomic E-state index is 8.60. The molecule has 1 aromatic rings. The van der Waals surface area contributed by atoms with E-state index in [9.17, 15) is 0 Å². The monoisotopic (exact) mass is 212 g/mol. The normalized spacial score (nSPS) is 14.1. The molecule has 0 saturated heterocycles. The van der Waals surface area contributed by atoms with Crippen LogP contribution in [0.5, 0.6) is 5.88 Å². The molecule has 1 aromatic heterocycles. The minimum atomic E-state index is -1.03. The molecule has 1 heterocycles. The minimum absolute atomic E-state index is 0.0554. The molecule has 0 radical (unpaired) electrons. The number of halogens is 1. The van der Waals surface area contributed by atoms with Crippen LogP contribution in [0.4, 0.5) is 0 Å². The smallest absolute Gasteiger partial charge is 0.233 e. The van der Waals surface area contributed by atoms with Gasteiger partial charge < -0.3 is 10.5 Å². The summed E-state index contributed by atoms with van der Waals surface area (Å²) in [4.78, 5) is 0. The number of nitrogens with zero attached hydrogens (tertiary/aromatic N) is 3. The third kappa shape index (κ3) is 3.17. The van der Waals surface area contributed by atoms with Crippen LogP contribution in [0.1, 0.15) is 6.92 Å². The largest absolute Gasteiger partial charge is 0.474 e. The Hall–Kier alpha value is -1.38. The van der Waals surface area contributed by atoms with Crippen molar-refractivity contribution in [3.63, 3.8) is 0 Å². The van der Waals surface area contributed by atoms with Gasteiger partial charge in [0.25, 0.3) is 0 Å². The molecule has 1 rings (SSSR count). The van der Waals surface area contributed by atoms with Gasteiger partial charge in [-0.05, 0) is 13.0 Å². The van der Waals surface area contributed by atoms with E-state index in [-0.39, 0.29) is 11.8 Å². The molecule has 0 bridgehead atoms. The van der Waals surface area contributed by atoms with Crippen LogP contribution in [-0.2, 0) is 0 Å². The van der Waals surface area contributed by atoms with E-state index in [0.717, 1.165) is 0 Å². The van der Waals surface area contributed by atoms with Gasteiger partial charge in [-0.2, -0.15) is 5.26 Å². The average Bonchev–Trinajstić information content (AvgIpc) is 2.17. The molecule has 0 fully saturated rings. The van der Waals surface area contributed by atoms with Gasteiger partial charge in [0.2, 0.25) is 5.88 Å². The molecule has 0 aliphatic carbocycles. The molecule has 1 unspecified atom stereocenters. The van der Waals surface area contributed by atoms with Gasteiger partial charge in [0.1, 0.15) is 12.1 Å². The molecular weight excluding hydrogens is 204 g/mol. The van der Waals surface area contributed by atoms with Gasteiger partial charge >= 0.3 is 0 Å². The first-order valence-electron chi connectivity index (χ1n) is 3.86. The van der Waals surface area contributed by atoms with Crippen LogP contribution in [0.3, 0.4) is 0 Å². The summed E-state index contributed by atoms with van der Waals surface area (Å²) in [5.74, 6) is 0.293. The van der Waals surface area contributed by atoms with Crippen LogP contribution < -0.4 is 10.5 Å². The van der Waals surface area contributed by atoms with Gasteiger partial charge in [0.15, 0.2) is 5.15 Å². The highest BCUT2D eigenvalue weighted by molar-refractivity contribution is 6.29. The summed E-state index contributed by atoms with van der Waals surface area (Å²) in [6.07, 6.45) is 0. The second kappa shape index (κ2) is 4.22. The fourth-order valence-electron chi connectivity index (χ4n) is 0.637. The first-order valence-corrected chi connectivity index (χ1v) is 4.23. The van der Waals surface area contributed by atoms with E-state index in [1.54, 1.807) is 19.1 Å². The number of nitrogens with two attached hydrogens (primary N) is 1. The average molecular weight is 213 g/mol. The van der Waals surface area contributed by atoms with E-state index in [1.807, 2.05) is 6.07 Å². The van der Waals surface area contributed by atoms with Crippen molar-refractivity contribution in [2.75, 3.05) is 6.61 Å². The Kier molecular flexibility index (Phi) is 3.23. The Morgan fingerprint density at radius 3 is 2.86 bits per heavy atom. The van der Waals surface area contributed by atoms with E-state index in [2.05, 4.69) is 10.2 Å². The third-order valence-corrected chi connectivity index (χ3v) is 1.58. The first-order chi connectivity index (χ1) is 6.53. The van der Waals surface area contributed by atoms with Crippen LogP contribution in [-0.4, -0.2) is 22.3 Å². The highest BCUT2D eigenvalue weighted by Crippen LogP contribution is 2.09. The Balaban J connectivity index is 2.55. The van der Waals surface area contributed by atoms with Crippen molar-refractivity contribution < 1.29 is 4.74 Å². The van der Waals surface area contributed by atoms with Crippen LogP contribution >= 0.6 is 11.6 Å². The second-order valence-corrected chi connectivity index (χ2v) is 3.40.